The summed E-state index contributed by atoms with van der Waals surface area (Å²) in [5.41, 5.74) is 0. The van der Waals surface area contributed by atoms with E-state index in [1.54, 1.807) is 0 Å². The number of hydrogen-bond donors (Lipinski definition) is 0. The van der Waals surface area contributed by atoms with Crippen molar-refractivity contribution in [1.82, 2.24) is 15.0 Å². The molecule has 3 nitrogen and oxygen atoms in total. The molecular weight excluding hydrogens is 262 g/mol. The Bertz CT molecular complexity index is 218. The molecule has 1 heterocycles. The van der Waals surface area contributed by atoms with E-state index in [4.69, 9.17) is 0 Å². The second-order valence-corrected chi connectivity index (χ2v) is 3.06. The number of hydrogen-bond acceptors (Lipinski definition) is 3. The minimum absolute atomic E-state index is 0.575. The third kappa shape index (κ3) is 1.98. The molecule has 0 saturated heterocycles. The molecule has 1 aromatic rings. The fraction of sp³-hybridized carbons (Fsp3) is 0.400. The van der Waals surface area contributed by atoms with Crippen LogP contribution in [-0.4, -0.2) is 15.0 Å². The van der Waals surface area contributed by atoms with Gasteiger partial charge in [0.05, 0.1) is 0 Å². The van der Waals surface area contributed by atoms with Crippen molar-refractivity contribution in [2.24, 2.45) is 0 Å². The van der Waals surface area contributed by atoms with E-state index in [9.17, 15) is 0 Å². The van der Waals surface area contributed by atoms with Crippen molar-refractivity contribution in [1.29, 1.82) is 0 Å². The van der Waals surface area contributed by atoms with Crippen LogP contribution in [0.1, 0.15) is 12.7 Å². The predicted octanol–water partition coefficient (Wildman–Crippen LogP) is 1.96. The first-order chi connectivity index (χ1) is 4.72. The second-order valence-electron chi connectivity index (χ2n) is 1.64. The molecule has 0 unspecified atom stereocenters. The zero-order valence-electron chi connectivity index (χ0n) is 5.30. The highest BCUT2D eigenvalue weighted by Gasteiger charge is 1.98. The third-order valence-corrected chi connectivity index (χ3v) is 1.65. The average Bonchev–Trinajstić information content (AvgIpc) is 1.85. The van der Waals surface area contributed by atoms with Gasteiger partial charge in [-0.25, -0.2) is 9.97 Å². The summed E-state index contributed by atoms with van der Waals surface area (Å²) in [5.74, 6) is 0.786. The van der Waals surface area contributed by atoms with Crippen LogP contribution in [0.2, 0.25) is 0 Å². The minimum Gasteiger partial charge on any atom is -0.207 e. The zero-order valence-corrected chi connectivity index (χ0v) is 8.48. The molecule has 54 valence electrons. The molecule has 0 saturated carbocycles. The van der Waals surface area contributed by atoms with Crippen LogP contribution in [0, 0.1) is 0 Å². The first kappa shape index (κ1) is 8.07. The molecule has 0 aliphatic carbocycles. The van der Waals surface area contributed by atoms with Crippen molar-refractivity contribution in [3.8, 4) is 0 Å². The molecule has 0 N–H and O–H groups in total. The van der Waals surface area contributed by atoms with Crippen LogP contribution in [-0.2, 0) is 6.42 Å². The lowest BCUT2D eigenvalue weighted by Crippen LogP contribution is -1.96. The van der Waals surface area contributed by atoms with Gasteiger partial charge in [-0.3, -0.25) is 0 Å². The number of aryl methyl sites for hydroxylation is 1. The van der Waals surface area contributed by atoms with Gasteiger partial charge >= 0.3 is 0 Å². The second kappa shape index (κ2) is 3.39. The van der Waals surface area contributed by atoms with Gasteiger partial charge in [-0.05, 0) is 31.9 Å². The Hall–Kier alpha value is -0.0300. The molecule has 0 aliphatic rings. The van der Waals surface area contributed by atoms with Crippen molar-refractivity contribution in [3.05, 3.63) is 15.3 Å². The predicted molar refractivity (Wildman–Crippen MR) is 44.6 cm³/mol. The van der Waals surface area contributed by atoms with Gasteiger partial charge in [0.15, 0.2) is 0 Å². The van der Waals surface area contributed by atoms with E-state index >= 15 is 0 Å². The van der Waals surface area contributed by atoms with Crippen LogP contribution in [0.3, 0.4) is 0 Å². The summed E-state index contributed by atoms with van der Waals surface area (Å²) >= 11 is 6.32. The molecule has 0 spiro atoms. The average molecular weight is 267 g/mol. The number of aromatic nitrogens is 3. The molecule has 10 heavy (non-hydrogen) atoms. The highest BCUT2D eigenvalue weighted by molar-refractivity contribution is 9.11. The SMILES string of the molecule is CCc1nc(Br)nc(Br)n1. The lowest BCUT2D eigenvalue weighted by Gasteiger charge is -1.94. The van der Waals surface area contributed by atoms with E-state index < -0.39 is 0 Å². The smallest absolute Gasteiger partial charge is 0.200 e. The molecule has 0 atom stereocenters. The van der Waals surface area contributed by atoms with E-state index in [0.29, 0.717) is 9.47 Å². The summed E-state index contributed by atoms with van der Waals surface area (Å²) in [6.45, 7) is 1.99. The van der Waals surface area contributed by atoms with Crippen LogP contribution in [0.25, 0.3) is 0 Å². The van der Waals surface area contributed by atoms with Crippen LogP contribution in [0.15, 0.2) is 9.47 Å². The van der Waals surface area contributed by atoms with E-state index in [-0.39, 0.29) is 0 Å². The maximum absolute atomic E-state index is 4.02. The topological polar surface area (TPSA) is 38.7 Å². The monoisotopic (exact) mass is 265 g/mol. The molecule has 1 rings (SSSR count). The van der Waals surface area contributed by atoms with Crippen LogP contribution in [0.4, 0.5) is 0 Å². The maximum Gasteiger partial charge on any atom is 0.200 e. The Morgan fingerprint density at radius 3 is 2.00 bits per heavy atom. The Balaban J connectivity index is 3.06. The van der Waals surface area contributed by atoms with Gasteiger partial charge in [-0.2, -0.15) is 4.98 Å². The van der Waals surface area contributed by atoms with E-state index in [1.165, 1.54) is 0 Å². The lowest BCUT2D eigenvalue weighted by molar-refractivity contribution is 0.857. The van der Waals surface area contributed by atoms with Gasteiger partial charge in [-0.15, -0.1) is 0 Å². The fourth-order valence-electron chi connectivity index (χ4n) is 0.522. The maximum atomic E-state index is 4.02. The highest BCUT2D eigenvalue weighted by Crippen LogP contribution is 2.07. The quantitative estimate of drug-likeness (QED) is 0.780. The van der Waals surface area contributed by atoms with Gasteiger partial charge < -0.3 is 0 Å². The first-order valence-electron chi connectivity index (χ1n) is 2.78. The van der Waals surface area contributed by atoms with Crippen molar-refractivity contribution < 1.29 is 0 Å². The van der Waals surface area contributed by atoms with Crippen LogP contribution in [0.5, 0.6) is 0 Å². The van der Waals surface area contributed by atoms with Gasteiger partial charge in [0.2, 0.25) is 9.47 Å². The summed E-state index contributed by atoms with van der Waals surface area (Å²) in [4.78, 5) is 11.9. The standard InChI is InChI=1S/C5H5Br2N3/c1-2-3-8-4(6)10-5(7)9-3/h2H2,1H3. The number of nitrogens with zero attached hydrogens (tertiary/aromatic N) is 3. The fourth-order valence-corrected chi connectivity index (χ4v) is 1.51. The largest absolute Gasteiger partial charge is 0.207 e. The molecule has 0 fully saturated rings. The molecule has 0 bridgehead atoms. The lowest BCUT2D eigenvalue weighted by atomic mass is 10.5. The molecule has 5 heteroatoms. The summed E-state index contributed by atoms with van der Waals surface area (Å²) in [6.07, 6.45) is 0.819. The molecular formula is C5H5Br2N3. The van der Waals surface area contributed by atoms with E-state index in [0.717, 1.165) is 12.2 Å². The normalized spacial score (nSPS) is 9.90. The summed E-state index contributed by atoms with van der Waals surface area (Å²) < 4.78 is 1.15. The number of rotatable bonds is 1. The third-order valence-electron chi connectivity index (χ3n) is 0.943. The van der Waals surface area contributed by atoms with Crippen LogP contribution >= 0.6 is 31.9 Å². The van der Waals surface area contributed by atoms with Crippen molar-refractivity contribution in [2.45, 2.75) is 13.3 Å². The Labute approximate surface area is 75.6 Å². The molecule has 1 aromatic heterocycles. The van der Waals surface area contributed by atoms with Gasteiger partial charge in [0.25, 0.3) is 0 Å². The summed E-state index contributed by atoms with van der Waals surface area (Å²) in [6, 6.07) is 0. The minimum atomic E-state index is 0.575. The zero-order chi connectivity index (χ0) is 7.56. The number of halogens is 2. The van der Waals surface area contributed by atoms with Crippen molar-refractivity contribution >= 4 is 31.9 Å². The summed E-state index contributed by atoms with van der Waals surface area (Å²) in [5, 5.41) is 0. The first-order valence-corrected chi connectivity index (χ1v) is 4.37. The Kier molecular flexibility index (Phi) is 2.73. The molecule has 0 aliphatic heterocycles. The van der Waals surface area contributed by atoms with Crippen molar-refractivity contribution in [2.75, 3.05) is 0 Å². The van der Waals surface area contributed by atoms with Gasteiger partial charge in [-0.1, -0.05) is 6.92 Å². The summed E-state index contributed by atoms with van der Waals surface area (Å²) in [7, 11) is 0. The molecule has 0 aromatic carbocycles. The van der Waals surface area contributed by atoms with Crippen LogP contribution < -0.4 is 0 Å². The van der Waals surface area contributed by atoms with E-state index in [2.05, 4.69) is 46.8 Å². The van der Waals surface area contributed by atoms with E-state index in [1.807, 2.05) is 6.92 Å². The molecule has 0 radical (unpaired) electrons. The Morgan fingerprint density at radius 2 is 1.60 bits per heavy atom. The van der Waals surface area contributed by atoms with Gasteiger partial charge in [0, 0.05) is 6.42 Å². The van der Waals surface area contributed by atoms with Crippen molar-refractivity contribution in [3.63, 3.8) is 0 Å². The van der Waals surface area contributed by atoms with Gasteiger partial charge in [0.1, 0.15) is 5.82 Å². The highest BCUT2D eigenvalue weighted by atomic mass is 79.9. The Morgan fingerprint density at radius 1 is 1.10 bits per heavy atom. The molecule has 0 amide bonds.